The van der Waals surface area contributed by atoms with E-state index in [2.05, 4.69) is 28.3 Å². The fourth-order valence-corrected chi connectivity index (χ4v) is 5.26. The van der Waals surface area contributed by atoms with Gasteiger partial charge in [0.05, 0.1) is 23.6 Å². The highest BCUT2D eigenvalue weighted by molar-refractivity contribution is 6.04. The van der Waals surface area contributed by atoms with Crippen molar-refractivity contribution in [3.63, 3.8) is 0 Å². The molecule has 2 aliphatic rings. The maximum absolute atomic E-state index is 8.44. The number of ether oxygens (including phenoxy) is 3. The maximum atomic E-state index is 8.44. The Morgan fingerprint density at radius 2 is 1.84 bits per heavy atom. The summed E-state index contributed by atoms with van der Waals surface area (Å²) < 4.78 is 33.7. The summed E-state index contributed by atoms with van der Waals surface area (Å²) in [4.78, 5) is 8.04. The zero-order valence-corrected chi connectivity index (χ0v) is 19.0. The first kappa shape index (κ1) is 18.6. The number of aromatic amines is 1. The number of nitrogens with one attached hydrogen (secondary N) is 1. The lowest BCUT2D eigenvalue weighted by molar-refractivity contribution is 0.310. The Balaban J connectivity index is 1.42. The smallest absolute Gasteiger partial charge is 0.161 e. The average molecular weight is 435 g/mol. The fraction of sp³-hybridized carbons (Fsp3) is 0.444. The Bertz CT molecular complexity index is 1230. The predicted molar refractivity (Wildman–Crippen MR) is 129 cm³/mol. The van der Waals surface area contributed by atoms with Crippen molar-refractivity contribution in [2.45, 2.75) is 44.9 Å². The lowest BCUT2D eigenvalue weighted by atomic mass is 9.74. The van der Waals surface area contributed by atoms with Gasteiger partial charge in [0.25, 0.3) is 0 Å². The molecule has 1 aliphatic heterocycles. The third-order valence-corrected chi connectivity index (χ3v) is 6.91. The lowest BCUT2D eigenvalue weighted by Gasteiger charge is -2.32. The van der Waals surface area contributed by atoms with Crippen LogP contribution < -0.4 is 14.2 Å². The molecule has 32 heavy (non-hydrogen) atoms. The Hall–Kier alpha value is -2.95. The minimum Gasteiger partial charge on any atom is -0.497 e. The number of H-pyrrole nitrogens is 1. The van der Waals surface area contributed by atoms with Crippen LogP contribution in [0, 0.1) is 5.92 Å². The number of fused-ring (bicyclic) bond motifs is 2. The summed E-state index contributed by atoms with van der Waals surface area (Å²) in [5, 5.41) is 1.23. The first-order chi connectivity index (χ1) is 16.4. The van der Waals surface area contributed by atoms with Gasteiger partial charge in [-0.2, -0.15) is 0 Å². The molecular formula is C27H32N2O3. The van der Waals surface area contributed by atoms with Gasteiger partial charge < -0.3 is 19.2 Å². The van der Waals surface area contributed by atoms with Crippen molar-refractivity contribution in [1.82, 2.24) is 4.98 Å². The maximum Gasteiger partial charge on any atom is 0.161 e. The Labute approximate surface area is 192 Å². The van der Waals surface area contributed by atoms with Gasteiger partial charge >= 0.3 is 0 Å². The van der Waals surface area contributed by atoms with E-state index in [1.165, 1.54) is 10.9 Å². The van der Waals surface area contributed by atoms with E-state index in [4.69, 9.17) is 17.0 Å². The molecule has 1 saturated carbocycles. The third kappa shape index (κ3) is 3.74. The topological polar surface area (TPSA) is 55.8 Å². The molecule has 0 radical (unpaired) electrons. The van der Waals surface area contributed by atoms with Gasteiger partial charge in [-0.3, -0.25) is 4.99 Å². The van der Waals surface area contributed by atoms with Crippen molar-refractivity contribution in [2.24, 2.45) is 10.9 Å². The largest absolute Gasteiger partial charge is 0.497 e. The number of benzene rings is 2. The van der Waals surface area contributed by atoms with Crippen LogP contribution in [-0.4, -0.2) is 38.0 Å². The third-order valence-electron chi connectivity index (χ3n) is 6.91. The summed E-state index contributed by atoms with van der Waals surface area (Å²) in [7, 11) is 3.32. The second kappa shape index (κ2) is 8.89. The molecule has 5 nitrogen and oxygen atoms in total. The predicted octanol–water partition coefficient (Wildman–Crippen LogP) is 5.90. The van der Waals surface area contributed by atoms with E-state index >= 15 is 0 Å². The van der Waals surface area contributed by atoms with Crippen LogP contribution in [0.25, 0.3) is 10.9 Å². The lowest BCUT2D eigenvalue weighted by Crippen LogP contribution is -2.26. The van der Waals surface area contributed by atoms with Gasteiger partial charge in [0, 0.05) is 40.8 Å². The van der Waals surface area contributed by atoms with Gasteiger partial charge in [-0.1, -0.05) is 0 Å². The summed E-state index contributed by atoms with van der Waals surface area (Å²) in [5.74, 6) is 2.91. The molecule has 0 atom stereocenters. The molecule has 1 N–H and O–H groups in total. The number of aromatic nitrogens is 1. The normalized spacial score (nSPS) is 23.0. The fourth-order valence-electron chi connectivity index (χ4n) is 5.26. The van der Waals surface area contributed by atoms with Crippen LogP contribution in [0.1, 0.15) is 58.0 Å². The highest BCUT2D eigenvalue weighted by Crippen LogP contribution is 2.42. The van der Waals surface area contributed by atoms with Gasteiger partial charge in [-0.15, -0.1) is 0 Å². The van der Waals surface area contributed by atoms with Crippen LogP contribution in [-0.2, 0) is 6.42 Å². The summed E-state index contributed by atoms with van der Waals surface area (Å²) in [6.07, 6.45) is 6.43. The quantitative estimate of drug-likeness (QED) is 0.525. The minimum absolute atomic E-state index is 0.230. The first-order valence-corrected chi connectivity index (χ1v) is 11.5. The van der Waals surface area contributed by atoms with Crippen molar-refractivity contribution in [2.75, 3.05) is 27.3 Å². The molecule has 0 saturated heterocycles. The average Bonchev–Trinajstić information content (AvgIpc) is 3.26. The second-order valence-corrected chi connectivity index (χ2v) is 8.63. The molecule has 2 aromatic carbocycles. The van der Waals surface area contributed by atoms with Crippen molar-refractivity contribution in [3.05, 3.63) is 53.2 Å². The van der Waals surface area contributed by atoms with E-state index in [0.717, 1.165) is 53.8 Å². The SMILES string of the molecule is [2H]C1([2H])Cc2cc(OC)c(OCC)cc2C(C2CCC(c3c[nH]c4ccc(OC)cc34)CC2)=N1. The monoisotopic (exact) mass is 434 g/mol. The number of aryl methyl sites for hydroxylation is 1. The molecule has 1 fully saturated rings. The van der Waals surface area contributed by atoms with Crippen molar-refractivity contribution in [3.8, 4) is 17.2 Å². The van der Waals surface area contributed by atoms with E-state index < -0.39 is 6.50 Å². The Kier molecular flexibility index (Phi) is 5.17. The highest BCUT2D eigenvalue weighted by Gasteiger charge is 2.30. The number of nitrogens with zero attached hydrogens (tertiary/aromatic N) is 1. The minimum atomic E-state index is -1.61. The van der Waals surface area contributed by atoms with Gasteiger partial charge in [-0.25, -0.2) is 0 Å². The summed E-state index contributed by atoms with van der Waals surface area (Å²) in [5.41, 5.74) is 5.32. The second-order valence-electron chi connectivity index (χ2n) is 8.63. The molecule has 5 rings (SSSR count). The molecule has 0 unspecified atom stereocenters. The van der Waals surface area contributed by atoms with E-state index in [1.54, 1.807) is 14.2 Å². The van der Waals surface area contributed by atoms with Crippen LogP contribution >= 0.6 is 0 Å². The number of hydrogen-bond acceptors (Lipinski definition) is 4. The molecule has 5 heteroatoms. The van der Waals surface area contributed by atoms with Gasteiger partial charge in [-0.05, 0) is 86.4 Å². The summed E-state index contributed by atoms with van der Waals surface area (Å²) in [6, 6.07) is 10.1. The summed E-state index contributed by atoms with van der Waals surface area (Å²) >= 11 is 0. The molecule has 0 amide bonds. The standard InChI is InChI=1S/C27H32N2O3/c1-4-32-26-15-21-19(13-25(26)31-3)11-12-28-27(21)18-7-5-17(6-8-18)23-16-29-24-10-9-20(30-2)14-22(23)24/h9-10,13-18,29H,4-8,11-12H2,1-3H3/i12D2. The van der Waals surface area contributed by atoms with Crippen molar-refractivity contribution in [1.29, 1.82) is 0 Å². The number of aliphatic imine (C=N–C) groups is 1. The van der Waals surface area contributed by atoms with Crippen molar-refractivity contribution >= 4 is 16.6 Å². The molecule has 3 aromatic rings. The summed E-state index contributed by atoms with van der Waals surface area (Å²) in [6.45, 7) is 0.891. The van der Waals surface area contributed by atoms with E-state index in [1.807, 2.05) is 25.1 Å². The number of methoxy groups -OCH3 is 2. The first-order valence-electron chi connectivity index (χ1n) is 12.5. The Morgan fingerprint density at radius 3 is 2.59 bits per heavy atom. The number of hydrogen-bond donors (Lipinski definition) is 1. The van der Waals surface area contributed by atoms with Crippen LogP contribution in [0.4, 0.5) is 0 Å². The Morgan fingerprint density at radius 1 is 1.03 bits per heavy atom. The van der Waals surface area contributed by atoms with Crippen LogP contribution in [0.3, 0.4) is 0 Å². The van der Waals surface area contributed by atoms with Crippen LogP contribution in [0.5, 0.6) is 17.2 Å². The zero-order chi connectivity index (χ0) is 23.9. The van der Waals surface area contributed by atoms with Crippen LogP contribution in [0.2, 0.25) is 0 Å². The van der Waals surface area contributed by atoms with Gasteiger partial charge in [0.1, 0.15) is 5.75 Å². The van der Waals surface area contributed by atoms with Gasteiger partial charge in [0.15, 0.2) is 11.5 Å². The van der Waals surface area contributed by atoms with E-state index in [9.17, 15) is 0 Å². The van der Waals surface area contributed by atoms with E-state index in [0.29, 0.717) is 24.0 Å². The molecule has 0 spiro atoms. The number of rotatable bonds is 6. The van der Waals surface area contributed by atoms with E-state index in [-0.39, 0.29) is 12.3 Å². The zero-order valence-electron chi connectivity index (χ0n) is 21.0. The molecule has 168 valence electrons. The highest BCUT2D eigenvalue weighted by atomic mass is 16.5. The molecule has 1 aliphatic carbocycles. The molecule has 1 aromatic heterocycles. The van der Waals surface area contributed by atoms with Crippen LogP contribution in [0.15, 0.2) is 41.5 Å². The molecule has 2 heterocycles. The van der Waals surface area contributed by atoms with Crippen molar-refractivity contribution < 1.29 is 17.0 Å². The molecule has 0 bridgehead atoms. The van der Waals surface area contributed by atoms with Gasteiger partial charge in [0.2, 0.25) is 0 Å². The molecular weight excluding hydrogens is 400 g/mol.